The summed E-state index contributed by atoms with van der Waals surface area (Å²) < 4.78 is 5.43. The van der Waals surface area contributed by atoms with E-state index in [1.807, 2.05) is 0 Å². The number of hydrogen-bond acceptors (Lipinski definition) is 3. The lowest BCUT2D eigenvalue weighted by molar-refractivity contribution is 0.122. The Hall–Kier alpha value is -1.02. The molecular weight excluding hydrogens is 391 g/mol. The highest BCUT2D eigenvalue weighted by Gasteiger charge is 2.14. The van der Waals surface area contributed by atoms with Crippen LogP contribution in [0.2, 0.25) is 0 Å². The molecule has 1 aliphatic heterocycles. The first kappa shape index (κ1) is 19.0. The number of para-hydroxylation sites is 1. The van der Waals surface area contributed by atoms with E-state index in [1.165, 1.54) is 11.3 Å². The molecule has 1 aromatic carbocycles. The van der Waals surface area contributed by atoms with Crippen molar-refractivity contribution in [2.75, 3.05) is 38.3 Å². The number of rotatable bonds is 4. The Morgan fingerprint density at radius 1 is 1.27 bits per heavy atom. The predicted molar refractivity (Wildman–Crippen MR) is 103 cm³/mol. The third kappa shape index (κ3) is 5.64. The standard InChI is InChI=1S/C16H26N4O.HI/c1-13(2)19-16(17-3)18-12-14-6-4-5-7-15(14)20-8-10-21-11-9-20;/h4-7,13H,8-12H2,1-3H3,(H2,17,18,19);1H. The third-order valence-corrected chi connectivity index (χ3v) is 3.44. The molecule has 6 heteroatoms. The zero-order valence-corrected chi connectivity index (χ0v) is 16.0. The van der Waals surface area contributed by atoms with Crippen molar-refractivity contribution in [3.05, 3.63) is 29.8 Å². The fourth-order valence-corrected chi connectivity index (χ4v) is 2.42. The van der Waals surface area contributed by atoms with Gasteiger partial charge in [0.25, 0.3) is 0 Å². The second-order valence-corrected chi connectivity index (χ2v) is 5.45. The van der Waals surface area contributed by atoms with Crippen LogP contribution in [0.3, 0.4) is 0 Å². The molecule has 0 radical (unpaired) electrons. The maximum atomic E-state index is 5.43. The smallest absolute Gasteiger partial charge is 0.191 e. The molecule has 124 valence electrons. The highest BCUT2D eigenvalue weighted by molar-refractivity contribution is 14.0. The van der Waals surface area contributed by atoms with E-state index in [0.717, 1.165) is 38.8 Å². The third-order valence-electron chi connectivity index (χ3n) is 3.44. The molecule has 0 aromatic heterocycles. The van der Waals surface area contributed by atoms with Crippen molar-refractivity contribution in [2.24, 2.45) is 4.99 Å². The molecule has 1 fully saturated rings. The van der Waals surface area contributed by atoms with E-state index in [1.54, 1.807) is 7.05 Å². The molecule has 1 aromatic rings. The van der Waals surface area contributed by atoms with E-state index in [0.29, 0.717) is 6.04 Å². The van der Waals surface area contributed by atoms with E-state index in [2.05, 4.69) is 58.6 Å². The van der Waals surface area contributed by atoms with Gasteiger partial charge < -0.3 is 20.3 Å². The Bertz CT molecular complexity index is 473. The first-order valence-electron chi connectivity index (χ1n) is 7.58. The summed E-state index contributed by atoms with van der Waals surface area (Å²) in [5.41, 5.74) is 2.57. The molecule has 0 saturated carbocycles. The van der Waals surface area contributed by atoms with Crippen LogP contribution in [-0.2, 0) is 11.3 Å². The number of nitrogens with one attached hydrogen (secondary N) is 2. The van der Waals surface area contributed by atoms with E-state index < -0.39 is 0 Å². The van der Waals surface area contributed by atoms with E-state index in [9.17, 15) is 0 Å². The highest BCUT2D eigenvalue weighted by atomic mass is 127. The topological polar surface area (TPSA) is 48.9 Å². The van der Waals surface area contributed by atoms with Gasteiger partial charge in [-0.05, 0) is 25.5 Å². The van der Waals surface area contributed by atoms with Crippen LogP contribution >= 0.6 is 24.0 Å². The number of hydrogen-bond donors (Lipinski definition) is 2. The average molecular weight is 418 g/mol. The van der Waals surface area contributed by atoms with Crippen molar-refractivity contribution < 1.29 is 4.74 Å². The Balaban J connectivity index is 0.00000242. The summed E-state index contributed by atoms with van der Waals surface area (Å²) in [5.74, 6) is 0.835. The largest absolute Gasteiger partial charge is 0.378 e. The first-order chi connectivity index (χ1) is 10.2. The van der Waals surface area contributed by atoms with Gasteiger partial charge >= 0.3 is 0 Å². The van der Waals surface area contributed by atoms with Gasteiger partial charge in [-0.15, -0.1) is 24.0 Å². The molecule has 0 bridgehead atoms. The molecule has 0 atom stereocenters. The van der Waals surface area contributed by atoms with E-state index in [-0.39, 0.29) is 24.0 Å². The number of halogens is 1. The summed E-state index contributed by atoms with van der Waals surface area (Å²) in [4.78, 5) is 6.63. The Morgan fingerprint density at radius 3 is 2.59 bits per heavy atom. The average Bonchev–Trinajstić information content (AvgIpc) is 2.52. The lowest BCUT2D eigenvalue weighted by Crippen LogP contribution is -2.41. The van der Waals surface area contributed by atoms with Crippen molar-refractivity contribution in [1.29, 1.82) is 0 Å². The van der Waals surface area contributed by atoms with E-state index >= 15 is 0 Å². The minimum Gasteiger partial charge on any atom is -0.378 e. The van der Waals surface area contributed by atoms with Crippen LogP contribution in [0.4, 0.5) is 5.69 Å². The van der Waals surface area contributed by atoms with Gasteiger partial charge in [-0.3, -0.25) is 4.99 Å². The monoisotopic (exact) mass is 418 g/mol. The van der Waals surface area contributed by atoms with E-state index in [4.69, 9.17) is 4.74 Å². The molecule has 0 spiro atoms. The minimum atomic E-state index is 0. The van der Waals surface area contributed by atoms with Crippen molar-refractivity contribution >= 4 is 35.6 Å². The number of morpholine rings is 1. The molecule has 1 aliphatic rings. The van der Waals surface area contributed by atoms with Gasteiger partial charge in [0.1, 0.15) is 0 Å². The van der Waals surface area contributed by atoms with Gasteiger partial charge in [0.15, 0.2) is 5.96 Å². The zero-order chi connectivity index (χ0) is 15.1. The summed E-state index contributed by atoms with van der Waals surface area (Å²) in [7, 11) is 1.80. The van der Waals surface area contributed by atoms with Gasteiger partial charge in [-0.2, -0.15) is 0 Å². The number of nitrogens with zero attached hydrogens (tertiary/aromatic N) is 2. The lowest BCUT2D eigenvalue weighted by Gasteiger charge is -2.30. The normalized spacial score (nSPS) is 15.5. The SMILES string of the molecule is CN=C(NCc1ccccc1N1CCOCC1)NC(C)C.I. The quantitative estimate of drug-likeness (QED) is 0.447. The molecule has 2 rings (SSSR count). The van der Waals surface area contributed by atoms with Crippen LogP contribution in [0.5, 0.6) is 0 Å². The number of ether oxygens (including phenoxy) is 1. The Labute approximate surface area is 150 Å². The van der Waals surface area contributed by atoms with Crippen LogP contribution < -0.4 is 15.5 Å². The van der Waals surface area contributed by atoms with Crippen LogP contribution in [0.25, 0.3) is 0 Å². The highest BCUT2D eigenvalue weighted by Crippen LogP contribution is 2.21. The second kappa shape index (κ2) is 9.89. The molecule has 1 saturated heterocycles. The van der Waals surface area contributed by atoms with Crippen LogP contribution in [0.15, 0.2) is 29.3 Å². The fraction of sp³-hybridized carbons (Fsp3) is 0.562. The number of guanidine groups is 1. The molecule has 0 amide bonds. The number of anilines is 1. The molecule has 0 aliphatic carbocycles. The lowest BCUT2D eigenvalue weighted by atomic mass is 10.1. The second-order valence-electron chi connectivity index (χ2n) is 5.45. The minimum absolute atomic E-state index is 0. The summed E-state index contributed by atoms with van der Waals surface area (Å²) in [5, 5.41) is 6.68. The molecule has 1 heterocycles. The molecule has 2 N–H and O–H groups in total. The number of benzene rings is 1. The summed E-state index contributed by atoms with van der Waals surface area (Å²) in [6.45, 7) is 8.49. The maximum Gasteiger partial charge on any atom is 0.191 e. The van der Waals surface area contributed by atoms with Crippen molar-refractivity contribution in [3.63, 3.8) is 0 Å². The zero-order valence-electron chi connectivity index (χ0n) is 13.6. The Morgan fingerprint density at radius 2 is 1.95 bits per heavy atom. The predicted octanol–water partition coefficient (Wildman–Crippen LogP) is 2.21. The summed E-state index contributed by atoms with van der Waals surface area (Å²) >= 11 is 0. The van der Waals surface area contributed by atoms with Gasteiger partial charge in [0, 0.05) is 38.4 Å². The van der Waals surface area contributed by atoms with Crippen LogP contribution in [0.1, 0.15) is 19.4 Å². The van der Waals surface area contributed by atoms with Crippen molar-refractivity contribution in [3.8, 4) is 0 Å². The molecule has 0 unspecified atom stereocenters. The van der Waals surface area contributed by atoms with Gasteiger partial charge in [-0.25, -0.2) is 0 Å². The molecular formula is C16H27IN4O. The van der Waals surface area contributed by atoms with Crippen LogP contribution in [0, 0.1) is 0 Å². The van der Waals surface area contributed by atoms with Crippen LogP contribution in [-0.4, -0.2) is 45.4 Å². The first-order valence-corrected chi connectivity index (χ1v) is 7.58. The van der Waals surface area contributed by atoms with Gasteiger partial charge in [0.2, 0.25) is 0 Å². The fourth-order valence-electron chi connectivity index (χ4n) is 2.42. The summed E-state index contributed by atoms with van der Waals surface area (Å²) in [6, 6.07) is 8.89. The molecule has 22 heavy (non-hydrogen) atoms. The van der Waals surface area contributed by atoms with Gasteiger partial charge in [0.05, 0.1) is 13.2 Å². The molecule has 5 nitrogen and oxygen atoms in total. The Kier molecular flexibility index (Phi) is 8.55. The number of aliphatic imine (C=N–C) groups is 1. The summed E-state index contributed by atoms with van der Waals surface area (Å²) in [6.07, 6.45) is 0. The van der Waals surface area contributed by atoms with Crippen molar-refractivity contribution in [1.82, 2.24) is 10.6 Å². The van der Waals surface area contributed by atoms with Crippen molar-refractivity contribution in [2.45, 2.75) is 26.4 Å². The van der Waals surface area contributed by atoms with Gasteiger partial charge in [-0.1, -0.05) is 18.2 Å². The maximum absolute atomic E-state index is 5.43.